The average Bonchev–Trinajstić information content (AvgIpc) is 3.92. The number of hydrogen-bond donors (Lipinski definition) is 0. The van der Waals surface area contributed by atoms with E-state index in [9.17, 15) is 0 Å². The lowest BCUT2D eigenvalue weighted by Crippen LogP contribution is -2.13. The van der Waals surface area contributed by atoms with Gasteiger partial charge in [-0.3, -0.25) is 0 Å². The van der Waals surface area contributed by atoms with Gasteiger partial charge in [-0.25, -0.2) is 0 Å². The number of para-hydroxylation sites is 4. The molecule has 0 N–H and O–H groups in total. The molecule has 12 aromatic rings. The monoisotopic (exact) mass is 804 g/mol. The first-order chi connectivity index (χ1) is 31.3. The molecule has 296 valence electrons. The molecule has 2 heterocycles. The minimum atomic E-state index is 0.890. The summed E-state index contributed by atoms with van der Waals surface area (Å²) in [5.41, 5.74) is 17.4. The Kier molecular flexibility index (Phi) is 8.83. The van der Waals surface area contributed by atoms with E-state index in [4.69, 9.17) is 4.42 Å². The molecule has 0 amide bonds. The lowest BCUT2D eigenvalue weighted by Gasteiger charge is -2.31. The average molecular weight is 805 g/mol. The van der Waals surface area contributed by atoms with Crippen LogP contribution in [-0.4, -0.2) is 4.57 Å². The van der Waals surface area contributed by atoms with Gasteiger partial charge in [0.25, 0.3) is 0 Å². The largest absolute Gasteiger partial charge is 0.455 e. The SMILES string of the molecule is c1ccc(-c2ccc(N(c3ccc(-c4cccc5c4oc4ccccc45)cc3-c3ccccc3)c3cccc4c3c3ccccc3n4-c3ccccc3)c(-c3ccccc3)c2)cc1. The van der Waals surface area contributed by atoms with Crippen LogP contribution in [0.15, 0.2) is 247 Å². The zero-order valence-electron chi connectivity index (χ0n) is 34.4. The second kappa shape index (κ2) is 15.3. The van der Waals surface area contributed by atoms with Crippen LogP contribution in [0.2, 0.25) is 0 Å². The third kappa shape index (κ3) is 6.21. The van der Waals surface area contributed by atoms with E-state index in [1.54, 1.807) is 0 Å². The fourth-order valence-electron chi connectivity index (χ4n) is 9.54. The molecule has 3 heteroatoms. The van der Waals surface area contributed by atoms with E-state index >= 15 is 0 Å². The maximum atomic E-state index is 6.63. The Hall–Kier alpha value is -8.40. The first-order valence-corrected chi connectivity index (χ1v) is 21.5. The molecular weight excluding hydrogens is 765 g/mol. The molecule has 0 radical (unpaired) electrons. The van der Waals surface area contributed by atoms with Gasteiger partial charge in [0.1, 0.15) is 11.2 Å². The molecule has 0 atom stereocenters. The Morgan fingerprint density at radius 2 is 0.841 bits per heavy atom. The predicted molar refractivity (Wildman–Crippen MR) is 264 cm³/mol. The van der Waals surface area contributed by atoms with E-state index in [1.807, 2.05) is 6.07 Å². The number of furan rings is 1. The first-order valence-electron chi connectivity index (χ1n) is 21.5. The lowest BCUT2D eigenvalue weighted by molar-refractivity contribution is 0.670. The van der Waals surface area contributed by atoms with E-state index in [0.717, 1.165) is 94.7 Å². The maximum Gasteiger partial charge on any atom is 0.143 e. The summed E-state index contributed by atoms with van der Waals surface area (Å²) in [5.74, 6) is 0. The van der Waals surface area contributed by atoms with Gasteiger partial charge in [-0.1, -0.05) is 182 Å². The van der Waals surface area contributed by atoms with E-state index in [2.05, 4.69) is 246 Å². The number of hydrogen-bond acceptors (Lipinski definition) is 2. The van der Waals surface area contributed by atoms with Gasteiger partial charge < -0.3 is 13.9 Å². The van der Waals surface area contributed by atoms with Crippen molar-refractivity contribution in [3.63, 3.8) is 0 Å². The molecule has 0 spiro atoms. The second-order valence-electron chi connectivity index (χ2n) is 16.0. The van der Waals surface area contributed by atoms with Crippen LogP contribution in [-0.2, 0) is 0 Å². The molecule has 0 bridgehead atoms. The molecule has 2 aromatic heterocycles. The van der Waals surface area contributed by atoms with Gasteiger partial charge in [-0.05, 0) is 88.5 Å². The summed E-state index contributed by atoms with van der Waals surface area (Å²) in [6, 6.07) is 87.3. The fraction of sp³-hybridized carbons (Fsp3) is 0. The number of benzene rings is 10. The molecule has 12 rings (SSSR count). The smallest absolute Gasteiger partial charge is 0.143 e. The van der Waals surface area contributed by atoms with Crippen LogP contribution >= 0.6 is 0 Å². The standard InChI is InChI=1S/C60H40N2O/c1-5-19-41(20-6-1)44-35-37-54(51(39-44)42-21-7-2-8-22-42)62(57-33-18-32-56-59(57)50-28-13-15-31-53(50)61(56)46-25-11-4-12-26-46)55-38-36-45(40-52(55)43-23-9-3-10-24-43)47-29-17-30-49-48-27-14-16-34-58(48)63-60(47)49/h1-40H. The van der Waals surface area contributed by atoms with Gasteiger partial charge >= 0.3 is 0 Å². The lowest BCUT2D eigenvalue weighted by atomic mass is 9.93. The van der Waals surface area contributed by atoms with Crippen molar-refractivity contribution in [1.82, 2.24) is 4.57 Å². The van der Waals surface area contributed by atoms with Crippen molar-refractivity contribution in [3.8, 4) is 50.2 Å². The fourth-order valence-corrected chi connectivity index (χ4v) is 9.54. The molecule has 0 saturated carbocycles. The van der Waals surface area contributed by atoms with Crippen LogP contribution in [0.5, 0.6) is 0 Å². The Balaban J connectivity index is 1.18. The third-order valence-corrected chi connectivity index (χ3v) is 12.4. The molecule has 0 saturated heterocycles. The molecule has 0 aliphatic rings. The quantitative estimate of drug-likeness (QED) is 0.153. The number of anilines is 3. The topological polar surface area (TPSA) is 21.3 Å². The number of aromatic nitrogens is 1. The van der Waals surface area contributed by atoms with E-state index < -0.39 is 0 Å². The Bertz CT molecular complexity index is 3610. The van der Waals surface area contributed by atoms with E-state index in [1.165, 1.54) is 16.3 Å². The molecule has 0 fully saturated rings. The predicted octanol–water partition coefficient (Wildman–Crippen LogP) is 16.8. The molecule has 63 heavy (non-hydrogen) atoms. The van der Waals surface area contributed by atoms with Crippen molar-refractivity contribution < 1.29 is 4.42 Å². The van der Waals surface area contributed by atoms with E-state index in [0.29, 0.717) is 0 Å². The van der Waals surface area contributed by atoms with Crippen molar-refractivity contribution in [3.05, 3.63) is 243 Å². The van der Waals surface area contributed by atoms with E-state index in [-0.39, 0.29) is 0 Å². The van der Waals surface area contributed by atoms with Crippen molar-refractivity contribution in [1.29, 1.82) is 0 Å². The van der Waals surface area contributed by atoms with Crippen LogP contribution < -0.4 is 4.90 Å². The molecule has 10 aromatic carbocycles. The minimum absolute atomic E-state index is 0.890. The molecule has 0 unspecified atom stereocenters. The van der Waals surface area contributed by atoms with Gasteiger partial charge in [-0.15, -0.1) is 0 Å². The van der Waals surface area contributed by atoms with Crippen molar-refractivity contribution >= 4 is 60.8 Å². The van der Waals surface area contributed by atoms with Crippen LogP contribution in [0.3, 0.4) is 0 Å². The van der Waals surface area contributed by atoms with Gasteiger partial charge in [0, 0.05) is 43.9 Å². The third-order valence-electron chi connectivity index (χ3n) is 12.4. The normalized spacial score (nSPS) is 11.5. The highest BCUT2D eigenvalue weighted by Crippen LogP contribution is 2.50. The Labute approximate surface area is 366 Å². The summed E-state index contributed by atoms with van der Waals surface area (Å²) >= 11 is 0. The van der Waals surface area contributed by atoms with Crippen LogP contribution in [0, 0.1) is 0 Å². The van der Waals surface area contributed by atoms with Gasteiger partial charge in [0.2, 0.25) is 0 Å². The highest BCUT2D eigenvalue weighted by atomic mass is 16.3. The Morgan fingerprint density at radius 1 is 0.317 bits per heavy atom. The molecule has 0 aliphatic heterocycles. The summed E-state index contributed by atoms with van der Waals surface area (Å²) in [5, 5.41) is 4.60. The summed E-state index contributed by atoms with van der Waals surface area (Å²) in [7, 11) is 0. The first kappa shape index (κ1) is 36.5. The van der Waals surface area contributed by atoms with Crippen LogP contribution in [0.4, 0.5) is 17.1 Å². The van der Waals surface area contributed by atoms with Crippen LogP contribution in [0.1, 0.15) is 0 Å². The van der Waals surface area contributed by atoms with Gasteiger partial charge in [0.05, 0.1) is 28.1 Å². The molecule has 0 aliphatic carbocycles. The van der Waals surface area contributed by atoms with Crippen LogP contribution in [0.25, 0.3) is 93.9 Å². The summed E-state index contributed by atoms with van der Waals surface area (Å²) in [4.78, 5) is 2.51. The highest BCUT2D eigenvalue weighted by molar-refractivity contribution is 6.18. The zero-order valence-corrected chi connectivity index (χ0v) is 34.4. The van der Waals surface area contributed by atoms with Gasteiger partial charge in [0.15, 0.2) is 0 Å². The zero-order chi connectivity index (χ0) is 41.7. The van der Waals surface area contributed by atoms with Gasteiger partial charge in [-0.2, -0.15) is 0 Å². The maximum absolute atomic E-state index is 6.63. The second-order valence-corrected chi connectivity index (χ2v) is 16.0. The summed E-state index contributed by atoms with van der Waals surface area (Å²) < 4.78 is 9.03. The summed E-state index contributed by atoms with van der Waals surface area (Å²) in [6.45, 7) is 0. The summed E-state index contributed by atoms with van der Waals surface area (Å²) in [6.07, 6.45) is 0. The minimum Gasteiger partial charge on any atom is -0.455 e. The number of nitrogens with zero attached hydrogens (tertiary/aromatic N) is 2. The number of fused-ring (bicyclic) bond motifs is 6. The molecule has 3 nitrogen and oxygen atoms in total. The van der Waals surface area contributed by atoms with Crippen molar-refractivity contribution in [2.24, 2.45) is 0 Å². The highest BCUT2D eigenvalue weighted by Gasteiger charge is 2.26. The number of rotatable bonds is 8. The Morgan fingerprint density at radius 3 is 1.54 bits per heavy atom. The van der Waals surface area contributed by atoms with Crippen molar-refractivity contribution in [2.45, 2.75) is 0 Å². The van der Waals surface area contributed by atoms with Crippen molar-refractivity contribution in [2.75, 3.05) is 4.90 Å². The molecular formula is C60H40N2O.